The van der Waals surface area contributed by atoms with E-state index in [2.05, 4.69) is 36.8 Å². The van der Waals surface area contributed by atoms with Crippen molar-refractivity contribution in [2.24, 2.45) is 0 Å². The van der Waals surface area contributed by atoms with Gasteiger partial charge in [-0.25, -0.2) is 0 Å². The molecule has 0 bridgehead atoms. The highest BCUT2D eigenvalue weighted by molar-refractivity contribution is 9.24. The van der Waals surface area contributed by atoms with Crippen LogP contribution in [0.3, 0.4) is 0 Å². The Morgan fingerprint density at radius 2 is 2.20 bits per heavy atom. The van der Waals surface area contributed by atoms with Gasteiger partial charge in [-0.2, -0.15) is 0 Å². The van der Waals surface area contributed by atoms with Crippen LogP contribution in [0.25, 0.3) is 0 Å². The Balaban J connectivity index is 2.96. The Morgan fingerprint density at radius 1 is 1.50 bits per heavy atom. The van der Waals surface area contributed by atoms with Gasteiger partial charge in [-0.3, -0.25) is 4.98 Å². The first-order chi connectivity index (χ1) is 4.70. The minimum atomic E-state index is 0.0821. The third kappa shape index (κ3) is 2.22. The van der Waals surface area contributed by atoms with E-state index in [4.69, 9.17) is 11.6 Å². The van der Waals surface area contributed by atoms with Crippen LogP contribution in [0.1, 0.15) is 9.43 Å². The van der Waals surface area contributed by atoms with Crippen LogP contribution >= 0.6 is 43.5 Å². The monoisotopic (exact) mass is 283 g/mol. The highest BCUT2D eigenvalue weighted by Gasteiger charge is 2.02. The molecule has 10 heavy (non-hydrogen) atoms. The second-order valence-corrected chi connectivity index (χ2v) is 5.20. The lowest BCUT2D eigenvalue weighted by Crippen LogP contribution is -1.84. The molecule has 0 aliphatic carbocycles. The lowest BCUT2D eigenvalue weighted by molar-refractivity contribution is 1.18. The largest absolute Gasteiger partial charge is 0.259 e. The van der Waals surface area contributed by atoms with Gasteiger partial charge < -0.3 is 0 Å². The molecule has 0 radical (unpaired) electrons. The zero-order chi connectivity index (χ0) is 7.56. The van der Waals surface area contributed by atoms with E-state index in [1.54, 1.807) is 18.3 Å². The summed E-state index contributed by atoms with van der Waals surface area (Å²) in [6.07, 6.45) is 1.67. The van der Waals surface area contributed by atoms with E-state index in [1.165, 1.54) is 0 Å². The Labute approximate surface area is 81.1 Å². The predicted molar refractivity (Wildman–Crippen MR) is 49.8 cm³/mol. The van der Waals surface area contributed by atoms with Crippen LogP contribution in [-0.4, -0.2) is 4.98 Å². The third-order valence-electron chi connectivity index (χ3n) is 0.967. The number of hydrogen-bond donors (Lipinski definition) is 0. The van der Waals surface area contributed by atoms with E-state index in [0.29, 0.717) is 5.02 Å². The van der Waals surface area contributed by atoms with E-state index in [1.807, 2.05) is 0 Å². The summed E-state index contributed by atoms with van der Waals surface area (Å²) < 4.78 is 0.0821. The first-order valence-electron chi connectivity index (χ1n) is 2.60. The number of pyridine rings is 1. The molecule has 4 heteroatoms. The van der Waals surface area contributed by atoms with Crippen LogP contribution in [0, 0.1) is 0 Å². The summed E-state index contributed by atoms with van der Waals surface area (Å²) in [6.45, 7) is 0. The summed E-state index contributed by atoms with van der Waals surface area (Å²) in [5.74, 6) is 0. The van der Waals surface area contributed by atoms with Crippen molar-refractivity contribution in [2.45, 2.75) is 3.74 Å². The van der Waals surface area contributed by atoms with Gasteiger partial charge in [0.2, 0.25) is 0 Å². The second kappa shape index (κ2) is 3.69. The Morgan fingerprint density at radius 3 is 2.60 bits per heavy atom. The molecule has 0 saturated heterocycles. The highest BCUT2D eigenvalue weighted by atomic mass is 79.9. The molecule has 0 N–H and O–H groups in total. The van der Waals surface area contributed by atoms with Crippen LogP contribution in [0.5, 0.6) is 0 Å². The van der Waals surface area contributed by atoms with Gasteiger partial charge in [-0.1, -0.05) is 43.5 Å². The molecule has 0 spiro atoms. The minimum absolute atomic E-state index is 0.0821. The Kier molecular flexibility index (Phi) is 3.14. The molecule has 0 fully saturated rings. The molecule has 0 aliphatic heterocycles. The quantitative estimate of drug-likeness (QED) is 0.719. The van der Waals surface area contributed by atoms with E-state index in [-0.39, 0.29) is 3.74 Å². The van der Waals surface area contributed by atoms with Gasteiger partial charge in [0.05, 0.1) is 5.69 Å². The molecular weight excluding hydrogens is 281 g/mol. The summed E-state index contributed by atoms with van der Waals surface area (Å²) in [5, 5.41) is 0.703. The maximum absolute atomic E-state index is 5.71. The Bertz CT molecular complexity index is 227. The van der Waals surface area contributed by atoms with Crippen molar-refractivity contribution < 1.29 is 0 Å². The average Bonchev–Trinajstić information content (AvgIpc) is 1.88. The normalized spacial score (nSPS) is 10.4. The number of aromatic nitrogens is 1. The van der Waals surface area contributed by atoms with E-state index in [0.717, 1.165) is 5.69 Å². The van der Waals surface area contributed by atoms with Gasteiger partial charge in [0.1, 0.15) is 3.74 Å². The van der Waals surface area contributed by atoms with Crippen LogP contribution in [0.2, 0.25) is 5.02 Å². The second-order valence-electron chi connectivity index (χ2n) is 1.70. The maximum Gasteiger partial charge on any atom is 0.112 e. The zero-order valence-electron chi connectivity index (χ0n) is 4.89. The summed E-state index contributed by atoms with van der Waals surface area (Å²) in [6, 6.07) is 3.54. The lowest BCUT2D eigenvalue weighted by atomic mass is 10.4. The van der Waals surface area contributed by atoms with E-state index >= 15 is 0 Å². The molecule has 0 aromatic carbocycles. The zero-order valence-corrected chi connectivity index (χ0v) is 8.82. The first-order valence-corrected chi connectivity index (χ1v) is 4.80. The molecule has 0 aliphatic rings. The van der Waals surface area contributed by atoms with Gasteiger partial charge in [-0.05, 0) is 12.1 Å². The van der Waals surface area contributed by atoms with Crippen molar-refractivity contribution in [1.29, 1.82) is 0 Å². The third-order valence-corrected chi connectivity index (χ3v) is 2.14. The van der Waals surface area contributed by atoms with Crippen molar-refractivity contribution in [3.63, 3.8) is 0 Å². The fourth-order valence-electron chi connectivity index (χ4n) is 0.541. The molecule has 54 valence electrons. The van der Waals surface area contributed by atoms with Crippen molar-refractivity contribution in [3.05, 3.63) is 29.0 Å². The summed E-state index contributed by atoms with van der Waals surface area (Å²) in [4.78, 5) is 4.06. The number of rotatable bonds is 1. The minimum Gasteiger partial charge on any atom is -0.259 e. The molecule has 0 amide bonds. The molecule has 1 heterocycles. The summed E-state index contributed by atoms with van der Waals surface area (Å²) in [7, 11) is 0. The number of halogens is 3. The lowest BCUT2D eigenvalue weighted by Gasteiger charge is -1.99. The van der Waals surface area contributed by atoms with Crippen molar-refractivity contribution in [3.8, 4) is 0 Å². The topological polar surface area (TPSA) is 12.9 Å². The van der Waals surface area contributed by atoms with Crippen molar-refractivity contribution in [2.75, 3.05) is 0 Å². The highest BCUT2D eigenvalue weighted by Crippen LogP contribution is 2.28. The SMILES string of the molecule is Clc1ccnc(C(Br)Br)c1. The van der Waals surface area contributed by atoms with Gasteiger partial charge >= 0.3 is 0 Å². The van der Waals surface area contributed by atoms with Gasteiger partial charge in [0, 0.05) is 11.2 Å². The van der Waals surface area contributed by atoms with E-state index < -0.39 is 0 Å². The van der Waals surface area contributed by atoms with Gasteiger partial charge in [0.25, 0.3) is 0 Å². The maximum atomic E-state index is 5.71. The number of nitrogens with zero attached hydrogens (tertiary/aromatic N) is 1. The Hall–Kier alpha value is 0.400. The van der Waals surface area contributed by atoms with Gasteiger partial charge in [-0.15, -0.1) is 0 Å². The molecular formula is C6H4Br2ClN. The number of alkyl halides is 2. The summed E-state index contributed by atoms with van der Waals surface area (Å²) in [5.41, 5.74) is 0.882. The fourth-order valence-corrected chi connectivity index (χ4v) is 1.21. The van der Waals surface area contributed by atoms with E-state index in [9.17, 15) is 0 Å². The average molecular weight is 285 g/mol. The number of hydrogen-bond acceptors (Lipinski definition) is 1. The van der Waals surface area contributed by atoms with Crippen LogP contribution in [-0.2, 0) is 0 Å². The van der Waals surface area contributed by atoms with Crippen LogP contribution in [0.15, 0.2) is 18.3 Å². The van der Waals surface area contributed by atoms with Gasteiger partial charge in [0.15, 0.2) is 0 Å². The van der Waals surface area contributed by atoms with Crippen LogP contribution in [0.4, 0.5) is 0 Å². The molecule has 1 nitrogen and oxygen atoms in total. The predicted octanol–water partition coefficient (Wildman–Crippen LogP) is 3.52. The molecule has 0 saturated carbocycles. The van der Waals surface area contributed by atoms with Crippen molar-refractivity contribution in [1.82, 2.24) is 4.98 Å². The molecule has 1 aromatic heterocycles. The molecule has 0 atom stereocenters. The van der Waals surface area contributed by atoms with Crippen LogP contribution < -0.4 is 0 Å². The van der Waals surface area contributed by atoms with Crippen molar-refractivity contribution >= 4 is 43.5 Å². The summed E-state index contributed by atoms with van der Waals surface area (Å²) >= 11 is 12.3. The molecule has 1 rings (SSSR count). The molecule has 1 aromatic rings. The smallest absolute Gasteiger partial charge is 0.112 e. The first kappa shape index (κ1) is 8.50. The molecule has 0 unspecified atom stereocenters. The fraction of sp³-hybridized carbons (Fsp3) is 0.167. The standard InChI is InChI=1S/C6H4Br2ClN/c7-6(8)5-3-4(9)1-2-10-5/h1-3,6H.